The van der Waals surface area contributed by atoms with Crippen molar-refractivity contribution in [1.82, 2.24) is 10.6 Å². The van der Waals surface area contributed by atoms with Crippen LogP contribution in [0.2, 0.25) is 0 Å². The van der Waals surface area contributed by atoms with Crippen LogP contribution in [0.3, 0.4) is 0 Å². The molecule has 3 atom stereocenters. The maximum absolute atomic E-state index is 13.0. The lowest BCUT2D eigenvalue weighted by atomic mass is 9.93. The molecule has 1 amide bonds. The number of methoxy groups -OCH3 is 1. The Morgan fingerprint density at radius 1 is 0.782 bits per heavy atom. The third-order valence-electron chi connectivity index (χ3n) is 8.79. The number of amides is 1. The number of halogens is 3. The van der Waals surface area contributed by atoms with E-state index in [1.807, 2.05) is 36.4 Å². The maximum Gasteiger partial charge on any atom is 0.416 e. The molecule has 4 aromatic rings. The molecule has 1 aliphatic rings. The fourth-order valence-corrected chi connectivity index (χ4v) is 5.95. The van der Waals surface area contributed by atoms with E-state index in [1.165, 1.54) is 35.4 Å². The Labute approximate surface area is 314 Å². The monoisotopic (exact) mass is 766 g/mol. The number of carbonyl (C=O) groups is 4. The SMILES string of the molecule is COC(CNCCOC(=O)c1ccc(CCNC(=O)CC2c3ccccc3-c3ccccc32)cc1)c1cccc(C(F)(F)F)c1.O=C(O)[C@H](O)[C@@H](O)C(=O)O. The van der Waals surface area contributed by atoms with Crippen LogP contribution in [0.4, 0.5) is 13.2 Å². The molecule has 4 aromatic carbocycles. The molecule has 5 rings (SSSR count). The van der Waals surface area contributed by atoms with Gasteiger partial charge in [0.25, 0.3) is 0 Å². The number of aliphatic hydroxyl groups is 2. The molecular weight excluding hydrogens is 725 g/mol. The van der Waals surface area contributed by atoms with Gasteiger partial charge in [-0.1, -0.05) is 72.8 Å². The molecule has 12 nitrogen and oxygen atoms in total. The van der Waals surface area contributed by atoms with E-state index in [-0.39, 0.29) is 25.0 Å². The molecule has 0 aromatic heterocycles. The molecule has 55 heavy (non-hydrogen) atoms. The second-order valence-corrected chi connectivity index (χ2v) is 12.5. The van der Waals surface area contributed by atoms with Gasteiger partial charge in [0.2, 0.25) is 5.91 Å². The van der Waals surface area contributed by atoms with E-state index >= 15 is 0 Å². The van der Waals surface area contributed by atoms with Crippen molar-refractivity contribution in [3.05, 3.63) is 130 Å². The lowest BCUT2D eigenvalue weighted by molar-refractivity contribution is -0.165. The fraction of sp³-hybridized carbons (Fsp3) is 0.300. The van der Waals surface area contributed by atoms with E-state index < -0.39 is 48.0 Å². The number of esters is 1. The first-order chi connectivity index (χ1) is 26.2. The second kappa shape index (κ2) is 19.6. The van der Waals surface area contributed by atoms with Crippen molar-refractivity contribution in [2.45, 2.75) is 43.2 Å². The standard InChI is InChI=1S/C36H35F3N2O4.C4H6O6/c1-44-33(26-7-6-8-27(21-26)36(37,38)39)23-40-19-20-45-35(43)25-15-13-24(14-16-25)17-18-41-34(42)22-32-30-11-4-2-9-28(30)29-10-3-5-12-31(29)32;5-1(3(7)8)2(6)4(9)10/h2-16,21,32-33,40H,17-20,22-23H2,1H3,(H,41,42);1-2,5-6H,(H,7,8)(H,9,10)/t;1-,2-/m.1/s1. The maximum atomic E-state index is 13.0. The van der Waals surface area contributed by atoms with E-state index in [0.29, 0.717) is 37.1 Å². The normalized spacial score (nSPS) is 13.6. The Hall–Kier alpha value is -5.61. The quantitative estimate of drug-likeness (QED) is 0.0692. The molecule has 1 unspecified atom stereocenters. The van der Waals surface area contributed by atoms with E-state index in [4.69, 9.17) is 29.9 Å². The molecule has 0 fully saturated rings. The number of carboxylic acids is 2. The Kier molecular flexibility index (Phi) is 15.0. The largest absolute Gasteiger partial charge is 0.479 e. The molecule has 0 saturated carbocycles. The van der Waals surface area contributed by atoms with Gasteiger partial charge in [0.05, 0.1) is 17.2 Å². The predicted molar refractivity (Wildman–Crippen MR) is 193 cm³/mol. The smallest absolute Gasteiger partial charge is 0.416 e. The number of fused-ring (bicyclic) bond motifs is 3. The first kappa shape index (κ1) is 42.1. The number of rotatable bonds is 16. The third kappa shape index (κ3) is 11.7. The molecule has 0 saturated heterocycles. The summed E-state index contributed by atoms with van der Waals surface area (Å²) >= 11 is 0. The van der Waals surface area contributed by atoms with Gasteiger partial charge in [0.15, 0.2) is 12.2 Å². The van der Waals surface area contributed by atoms with Crippen molar-refractivity contribution in [2.24, 2.45) is 0 Å². The Balaban J connectivity index is 0.000000592. The molecule has 0 spiro atoms. The van der Waals surface area contributed by atoms with Gasteiger partial charge in [-0.2, -0.15) is 13.2 Å². The zero-order valence-electron chi connectivity index (χ0n) is 29.7. The zero-order valence-corrected chi connectivity index (χ0v) is 29.7. The average Bonchev–Trinajstić information content (AvgIpc) is 3.48. The molecule has 0 bridgehead atoms. The Bertz CT molecular complexity index is 1870. The van der Waals surface area contributed by atoms with Crippen LogP contribution in [0, 0.1) is 0 Å². The number of ether oxygens (including phenoxy) is 2. The highest BCUT2D eigenvalue weighted by Crippen LogP contribution is 2.46. The van der Waals surface area contributed by atoms with Crippen molar-refractivity contribution in [3.8, 4) is 11.1 Å². The summed E-state index contributed by atoms with van der Waals surface area (Å²) in [5.74, 6) is -3.98. The lowest BCUT2D eigenvalue weighted by Gasteiger charge is -2.18. The van der Waals surface area contributed by atoms with Crippen LogP contribution in [-0.4, -0.2) is 89.8 Å². The van der Waals surface area contributed by atoms with Crippen LogP contribution in [0.1, 0.15) is 56.6 Å². The van der Waals surface area contributed by atoms with Crippen LogP contribution < -0.4 is 10.6 Å². The summed E-state index contributed by atoms with van der Waals surface area (Å²) < 4.78 is 49.8. The van der Waals surface area contributed by atoms with Gasteiger partial charge in [-0.05, 0) is 64.1 Å². The molecule has 15 heteroatoms. The van der Waals surface area contributed by atoms with E-state index in [0.717, 1.165) is 17.7 Å². The zero-order chi connectivity index (χ0) is 40.1. The number of carboxylic acid groups (broad SMARTS) is 2. The number of hydrogen-bond acceptors (Lipinski definition) is 9. The molecular formula is C40H41F3N2O10. The van der Waals surface area contributed by atoms with Crippen molar-refractivity contribution < 1.29 is 62.2 Å². The number of aliphatic hydroxyl groups excluding tert-OH is 2. The second-order valence-electron chi connectivity index (χ2n) is 12.5. The summed E-state index contributed by atoms with van der Waals surface area (Å²) in [6, 6.07) is 28.5. The van der Waals surface area contributed by atoms with Gasteiger partial charge in [0, 0.05) is 39.1 Å². The third-order valence-corrected chi connectivity index (χ3v) is 8.79. The van der Waals surface area contributed by atoms with Crippen molar-refractivity contribution in [1.29, 1.82) is 0 Å². The van der Waals surface area contributed by atoms with Gasteiger partial charge in [-0.3, -0.25) is 4.79 Å². The summed E-state index contributed by atoms with van der Waals surface area (Å²) in [6.07, 6.45) is -8.55. The van der Waals surface area contributed by atoms with Crippen LogP contribution in [0.15, 0.2) is 97.1 Å². The fourth-order valence-electron chi connectivity index (χ4n) is 5.95. The highest BCUT2D eigenvalue weighted by atomic mass is 19.4. The molecule has 0 aliphatic heterocycles. The van der Waals surface area contributed by atoms with Crippen LogP contribution in [0.5, 0.6) is 0 Å². The number of alkyl halides is 3. The summed E-state index contributed by atoms with van der Waals surface area (Å²) in [5, 5.41) is 38.6. The molecule has 6 N–H and O–H groups in total. The van der Waals surface area contributed by atoms with Crippen LogP contribution in [0.25, 0.3) is 11.1 Å². The van der Waals surface area contributed by atoms with E-state index in [9.17, 15) is 32.3 Å². The topological polar surface area (TPSA) is 192 Å². The van der Waals surface area contributed by atoms with E-state index in [2.05, 4.69) is 34.9 Å². The van der Waals surface area contributed by atoms with Gasteiger partial charge < -0.3 is 40.5 Å². The van der Waals surface area contributed by atoms with Crippen LogP contribution >= 0.6 is 0 Å². The molecule has 292 valence electrons. The van der Waals surface area contributed by atoms with Crippen LogP contribution in [-0.2, 0) is 36.5 Å². The summed E-state index contributed by atoms with van der Waals surface area (Å²) in [5.41, 5.74) is 5.79. The Morgan fingerprint density at radius 2 is 1.36 bits per heavy atom. The summed E-state index contributed by atoms with van der Waals surface area (Å²) in [4.78, 5) is 44.9. The van der Waals surface area contributed by atoms with Gasteiger partial charge in [0.1, 0.15) is 6.61 Å². The number of carbonyl (C=O) groups excluding carboxylic acids is 2. The van der Waals surface area contributed by atoms with Gasteiger partial charge in [-0.15, -0.1) is 0 Å². The number of hydrogen-bond donors (Lipinski definition) is 6. The van der Waals surface area contributed by atoms with Crippen molar-refractivity contribution >= 4 is 23.8 Å². The minimum absolute atomic E-state index is 0.00744. The molecule has 1 aliphatic carbocycles. The van der Waals surface area contributed by atoms with Crippen molar-refractivity contribution in [3.63, 3.8) is 0 Å². The highest BCUT2D eigenvalue weighted by Gasteiger charge is 2.32. The first-order valence-electron chi connectivity index (χ1n) is 17.1. The number of benzene rings is 4. The number of nitrogens with one attached hydrogen (secondary N) is 2. The summed E-state index contributed by atoms with van der Waals surface area (Å²) in [6.45, 7) is 1.12. The van der Waals surface area contributed by atoms with Gasteiger partial charge in [-0.25, -0.2) is 14.4 Å². The average molecular weight is 767 g/mol. The van der Waals surface area contributed by atoms with E-state index in [1.54, 1.807) is 18.2 Å². The van der Waals surface area contributed by atoms with Crippen molar-refractivity contribution in [2.75, 3.05) is 33.4 Å². The predicted octanol–water partition coefficient (Wildman–Crippen LogP) is 4.58. The molecule has 0 radical (unpaired) electrons. The first-order valence-corrected chi connectivity index (χ1v) is 17.1. The highest BCUT2D eigenvalue weighted by molar-refractivity contribution is 5.89. The minimum atomic E-state index is -4.43. The Morgan fingerprint density at radius 3 is 1.91 bits per heavy atom. The van der Waals surface area contributed by atoms with Gasteiger partial charge >= 0.3 is 24.1 Å². The summed E-state index contributed by atoms with van der Waals surface area (Å²) in [7, 11) is 1.43. The minimum Gasteiger partial charge on any atom is -0.479 e. The molecule has 0 heterocycles. The number of aliphatic carboxylic acids is 2. The lowest BCUT2D eigenvalue weighted by Crippen LogP contribution is -2.39.